The first kappa shape index (κ1) is 17.0. The topological polar surface area (TPSA) is 69.0 Å². The van der Waals surface area contributed by atoms with Crippen molar-refractivity contribution in [3.8, 4) is 6.07 Å². The second-order valence-corrected chi connectivity index (χ2v) is 5.04. The number of pyridine rings is 1. The number of nitrogens with zero attached hydrogens (tertiary/aromatic N) is 3. The Morgan fingerprint density at radius 3 is 2.76 bits per heavy atom. The molecule has 0 saturated heterocycles. The van der Waals surface area contributed by atoms with E-state index in [1.807, 2.05) is 6.07 Å². The fraction of sp³-hybridized carbons (Fsp3) is 0.562. The van der Waals surface area contributed by atoms with Gasteiger partial charge in [-0.1, -0.05) is 20.3 Å². The minimum atomic E-state index is -0.0652. The van der Waals surface area contributed by atoms with Crippen LogP contribution in [0.4, 0.5) is 5.82 Å². The number of nitrogens with one attached hydrogen (secondary N) is 1. The van der Waals surface area contributed by atoms with E-state index in [9.17, 15) is 4.79 Å². The van der Waals surface area contributed by atoms with Crippen molar-refractivity contribution in [2.75, 3.05) is 25.5 Å². The van der Waals surface area contributed by atoms with E-state index in [-0.39, 0.29) is 5.91 Å². The average Bonchev–Trinajstić information content (AvgIpc) is 2.49. The maximum Gasteiger partial charge on any atom is 0.253 e. The van der Waals surface area contributed by atoms with Gasteiger partial charge in [0, 0.05) is 31.4 Å². The molecule has 114 valence electrons. The van der Waals surface area contributed by atoms with Crippen LogP contribution < -0.4 is 5.32 Å². The standard InChI is InChI=1S/C16H24N4O/c1-4-7-14-11-13(12-15(19-14)18-9-5-2)16(21)20(3)10-6-8-17/h11-12H,4-7,9-10H2,1-3H3,(H,18,19). The van der Waals surface area contributed by atoms with E-state index < -0.39 is 0 Å². The van der Waals surface area contributed by atoms with E-state index in [4.69, 9.17) is 5.26 Å². The van der Waals surface area contributed by atoms with Gasteiger partial charge in [-0.2, -0.15) is 5.26 Å². The van der Waals surface area contributed by atoms with Crippen LogP contribution in [0.1, 0.15) is 49.2 Å². The van der Waals surface area contributed by atoms with Gasteiger partial charge < -0.3 is 10.2 Å². The maximum absolute atomic E-state index is 12.4. The normalized spacial score (nSPS) is 10.0. The summed E-state index contributed by atoms with van der Waals surface area (Å²) in [5, 5.41) is 11.9. The fourth-order valence-electron chi connectivity index (χ4n) is 1.98. The molecule has 21 heavy (non-hydrogen) atoms. The van der Waals surface area contributed by atoms with Crippen molar-refractivity contribution >= 4 is 11.7 Å². The van der Waals surface area contributed by atoms with Crippen LogP contribution in [0.5, 0.6) is 0 Å². The number of aryl methyl sites for hydroxylation is 1. The zero-order valence-electron chi connectivity index (χ0n) is 13.1. The quantitative estimate of drug-likeness (QED) is 0.798. The summed E-state index contributed by atoms with van der Waals surface area (Å²) in [4.78, 5) is 18.5. The van der Waals surface area contributed by atoms with Crippen LogP contribution in [0.2, 0.25) is 0 Å². The summed E-state index contributed by atoms with van der Waals surface area (Å²) in [5.41, 5.74) is 1.56. The molecular formula is C16H24N4O. The lowest BCUT2D eigenvalue weighted by atomic mass is 10.1. The van der Waals surface area contributed by atoms with Gasteiger partial charge in [0.25, 0.3) is 5.91 Å². The SMILES string of the molecule is CCCNc1cc(C(=O)N(C)CCC#N)cc(CCC)n1. The van der Waals surface area contributed by atoms with E-state index >= 15 is 0 Å². The van der Waals surface area contributed by atoms with Crippen LogP contribution in [-0.4, -0.2) is 35.9 Å². The Morgan fingerprint density at radius 1 is 1.38 bits per heavy atom. The molecule has 1 rings (SSSR count). The highest BCUT2D eigenvalue weighted by Crippen LogP contribution is 2.14. The zero-order valence-corrected chi connectivity index (χ0v) is 13.1. The van der Waals surface area contributed by atoms with Gasteiger partial charge in [0.15, 0.2) is 0 Å². The summed E-state index contributed by atoms with van der Waals surface area (Å²) < 4.78 is 0. The third kappa shape index (κ3) is 5.42. The van der Waals surface area contributed by atoms with Crippen molar-refractivity contribution in [2.45, 2.75) is 39.5 Å². The molecule has 0 aliphatic heterocycles. The Morgan fingerprint density at radius 2 is 2.14 bits per heavy atom. The minimum Gasteiger partial charge on any atom is -0.370 e. The molecule has 5 nitrogen and oxygen atoms in total. The van der Waals surface area contributed by atoms with Gasteiger partial charge >= 0.3 is 0 Å². The summed E-state index contributed by atoms with van der Waals surface area (Å²) in [7, 11) is 1.72. The third-order valence-corrected chi connectivity index (χ3v) is 3.09. The molecule has 0 aromatic carbocycles. The largest absolute Gasteiger partial charge is 0.370 e. The maximum atomic E-state index is 12.4. The molecule has 1 amide bonds. The first-order valence-corrected chi connectivity index (χ1v) is 7.49. The van der Waals surface area contributed by atoms with Crippen molar-refractivity contribution in [3.05, 3.63) is 23.4 Å². The smallest absolute Gasteiger partial charge is 0.253 e. The van der Waals surface area contributed by atoms with Gasteiger partial charge in [-0.15, -0.1) is 0 Å². The predicted molar refractivity (Wildman–Crippen MR) is 84.2 cm³/mol. The number of carbonyl (C=O) groups is 1. The zero-order chi connectivity index (χ0) is 15.7. The monoisotopic (exact) mass is 288 g/mol. The van der Waals surface area contributed by atoms with Crippen molar-refractivity contribution in [1.82, 2.24) is 9.88 Å². The number of aromatic nitrogens is 1. The lowest BCUT2D eigenvalue weighted by molar-refractivity contribution is 0.0798. The van der Waals surface area contributed by atoms with Gasteiger partial charge in [-0.05, 0) is 25.0 Å². The summed E-state index contributed by atoms with van der Waals surface area (Å²) in [5.74, 6) is 0.685. The Labute approximate surface area is 127 Å². The molecule has 0 unspecified atom stereocenters. The molecular weight excluding hydrogens is 264 g/mol. The van der Waals surface area contributed by atoms with Gasteiger partial charge in [0.2, 0.25) is 0 Å². The second kappa shape index (κ2) is 8.96. The number of amides is 1. The third-order valence-electron chi connectivity index (χ3n) is 3.09. The van der Waals surface area contributed by atoms with Crippen LogP contribution in [0.3, 0.4) is 0 Å². The molecule has 0 radical (unpaired) electrons. The first-order valence-electron chi connectivity index (χ1n) is 7.49. The fourth-order valence-corrected chi connectivity index (χ4v) is 1.98. The highest BCUT2D eigenvalue weighted by molar-refractivity contribution is 5.94. The van der Waals surface area contributed by atoms with Crippen LogP contribution in [0, 0.1) is 11.3 Å². The highest BCUT2D eigenvalue weighted by Gasteiger charge is 2.14. The van der Waals surface area contributed by atoms with Crippen LogP contribution in [0.15, 0.2) is 12.1 Å². The Bertz CT molecular complexity index is 507. The van der Waals surface area contributed by atoms with Crippen molar-refractivity contribution in [2.24, 2.45) is 0 Å². The summed E-state index contributed by atoms with van der Waals surface area (Å²) in [6.45, 7) is 5.46. The van der Waals surface area contributed by atoms with Crippen LogP contribution in [0.25, 0.3) is 0 Å². The molecule has 5 heteroatoms. The molecule has 0 saturated carbocycles. The van der Waals surface area contributed by atoms with E-state index in [0.29, 0.717) is 18.5 Å². The van der Waals surface area contributed by atoms with E-state index in [2.05, 4.69) is 30.2 Å². The van der Waals surface area contributed by atoms with Gasteiger partial charge in [-0.3, -0.25) is 4.79 Å². The Balaban J connectivity index is 2.95. The molecule has 1 N–H and O–H groups in total. The second-order valence-electron chi connectivity index (χ2n) is 5.04. The van der Waals surface area contributed by atoms with Crippen molar-refractivity contribution < 1.29 is 4.79 Å². The molecule has 0 bridgehead atoms. The average molecular weight is 288 g/mol. The molecule has 1 heterocycles. The molecule has 1 aromatic heterocycles. The van der Waals surface area contributed by atoms with Gasteiger partial charge in [0.05, 0.1) is 12.5 Å². The lowest BCUT2D eigenvalue weighted by Crippen LogP contribution is -2.28. The van der Waals surface area contributed by atoms with E-state index in [1.165, 1.54) is 0 Å². The molecule has 1 aromatic rings. The first-order chi connectivity index (χ1) is 10.1. The van der Waals surface area contributed by atoms with Gasteiger partial charge in [-0.25, -0.2) is 4.98 Å². The van der Waals surface area contributed by atoms with Gasteiger partial charge in [0.1, 0.15) is 5.82 Å². The van der Waals surface area contributed by atoms with Crippen LogP contribution in [-0.2, 0) is 6.42 Å². The lowest BCUT2D eigenvalue weighted by Gasteiger charge is -2.17. The number of hydrogen-bond donors (Lipinski definition) is 1. The Kier molecular flexibility index (Phi) is 7.24. The van der Waals surface area contributed by atoms with E-state index in [1.54, 1.807) is 18.0 Å². The Hall–Kier alpha value is -2.09. The predicted octanol–water partition coefficient (Wildman–Crippen LogP) is 2.84. The molecule has 0 spiro atoms. The highest BCUT2D eigenvalue weighted by atomic mass is 16.2. The number of hydrogen-bond acceptors (Lipinski definition) is 4. The van der Waals surface area contributed by atoms with Crippen molar-refractivity contribution in [1.29, 1.82) is 5.26 Å². The molecule has 0 aliphatic carbocycles. The van der Waals surface area contributed by atoms with E-state index in [0.717, 1.165) is 37.3 Å². The summed E-state index contributed by atoms with van der Waals surface area (Å²) >= 11 is 0. The van der Waals surface area contributed by atoms with Crippen LogP contribution >= 0.6 is 0 Å². The molecule has 0 fully saturated rings. The number of nitriles is 1. The number of rotatable bonds is 8. The molecule has 0 atom stereocenters. The summed E-state index contributed by atoms with van der Waals surface area (Å²) in [6.07, 6.45) is 3.19. The number of carbonyl (C=O) groups excluding carboxylic acids is 1. The van der Waals surface area contributed by atoms with Crippen molar-refractivity contribution in [3.63, 3.8) is 0 Å². The molecule has 0 aliphatic rings. The summed E-state index contributed by atoms with van der Waals surface area (Å²) in [6, 6.07) is 5.70. The number of anilines is 1. The minimum absolute atomic E-state index is 0.0652.